The van der Waals surface area contributed by atoms with Crippen LogP contribution in [0, 0.1) is 13.8 Å². The fourth-order valence-corrected chi connectivity index (χ4v) is 3.06. The van der Waals surface area contributed by atoms with Gasteiger partial charge in [0.2, 0.25) is 0 Å². The van der Waals surface area contributed by atoms with Crippen LogP contribution in [0.25, 0.3) is 0 Å². The number of β-amino-alcohol motifs (C(OH)–C–C–N with tert-alkyl or cyclic N) is 1. The number of likely N-dealkylation sites (tertiary alicyclic amines) is 1. The smallest absolute Gasteiger partial charge is 0.119 e. The Bertz CT molecular complexity index is 418. The van der Waals surface area contributed by atoms with E-state index in [2.05, 4.69) is 43.9 Å². The summed E-state index contributed by atoms with van der Waals surface area (Å²) < 4.78 is 5.80. The predicted molar refractivity (Wildman–Crippen MR) is 82.3 cm³/mol. The van der Waals surface area contributed by atoms with Crippen molar-refractivity contribution in [3.05, 3.63) is 29.3 Å². The van der Waals surface area contributed by atoms with Crippen molar-refractivity contribution in [1.29, 1.82) is 0 Å². The predicted octanol–water partition coefficient (Wildman–Crippen LogP) is 2.92. The van der Waals surface area contributed by atoms with Gasteiger partial charge in [-0.25, -0.2) is 0 Å². The summed E-state index contributed by atoms with van der Waals surface area (Å²) in [6.07, 6.45) is 2.98. The summed E-state index contributed by atoms with van der Waals surface area (Å²) in [5.41, 5.74) is 2.07. The van der Waals surface area contributed by atoms with Gasteiger partial charge in [-0.15, -0.1) is 0 Å². The van der Waals surface area contributed by atoms with Gasteiger partial charge in [0.25, 0.3) is 0 Å². The Balaban J connectivity index is 1.63. The maximum atomic E-state index is 10.1. The minimum Gasteiger partial charge on any atom is -0.494 e. The van der Waals surface area contributed by atoms with Crippen LogP contribution in [0.15, 0.2) is 18.2 Å². The molecule has 3 heteroatoms. The van der Waals surface area contributed by atoms with Crippen LogP contribution in [-0.2, 0) is 0 Å². The van der Waals surface area contributed by atoms with Crippen molar-refractivity contribution in [2.24, 2.45) is 0 Å². The van der Waals surface area contributed by atoms with Crippen molar-refractivity contribution in [2.45, 2.75) is 45.6 Å². The van der Waals surface area contributed by atoms with Crippen molar-refractivity contribution in [2.75, 3.05) is 26.2 Å². The van der Waals surface area contributed by atoms with E-state index in [9.17, 15) is 5.11 Å². The zero-order valence-corrected chi connectivity index (χ0v) is 13.0. The lowest BCUT2D eigenvalue weighted by Gasteiger charge is -2.46. The van der Waals surface area contributed by atoms with Gasteiger partial charge in [-0.05, 0) is 49.9 Å². The Morgan fingerprint density at radius 3 is 2.45 bits per heavy atom. The van der Waals surface area contributed by atoms with Gasteiger partial charge < -0.3 is 9.84 Å². The first-order chi connectivity index (χ1) is 9.50. The third-order valence-corrected chi connectivity index (χ3v) is 3.83. The fourth-order valence-electron chi connectivity index (χ4n) is 3.06. The molecule has 1 aliphatic heterocycles. The summed E-state index contributed by atoms with van der Waals surface area (Å²) in [6, 6.07) is 6.31. The molecular formula is C17H27NO2. The molecule has 0 amide bonds. The van der Waals surface area contributed by atoms with E-state index in [4.69, 9.17) is 4.74 Å². The van der Waals surface area contributed by atoms with Crippen LogP contribution in [-0.4, -0.2) is 41.8 Å². The van der Waals surface area contributed by atoms with Crippen LogP contribution >= 0.6 is 0 Å². The number of rotatable bonds is 7. The van der Waals surface area contributed by atoms with Gasteiger partial charge in [0.05, 0.1) is 12.2 Å². The van der Waals surface area contributed by atoms with Crippen LogP contribution in [0.2, 0.25) is 0 Å². The summed E-state index contributed by atoms with van der Waals surface area (Å²) in [7, 11) is 0. The third kappa shape index (κ3) is 4.22. The first kappa shape index (κ1) is 15.3. The lowest BCUT2D eigenvalue weighted by Crippen LogP contribution is -2.61. The first-order valence-corrected chi connectivity index (χ1v) is 7.66. The maximum Gasteiger partial charge on any atom is 0.119 e. The molecule has 0 atom stereocenters. The second-order valence-corrected chi connectivity index (χ2v) is 6.21. The molecule has 1 aliphatic rings. The molecule has 2 rings (SSSR count). The standard InChI is InChI=1S/C17H27NO2/c1-4-6-17(19)12-18(13-17)7-5-8-20-16-10-14(2)9-15(3)11-16/h9-11,19H,4-8,12-13H2,1-3H3. The average Bonchev–Trinajstić information content (AvgIpc) is 2.31. The van der Waals surface area contributed by atoms with Gasteiger partial charge >= 0.3 is 0 Å². The number of aryl methyl sites for hydroxylation is 2. The van der Waals surface area contributed by atoms with Gasteiger partial charge in [-0.2, -0.15) is 0 Å². The van der Waals surface area contributed by atoms with Gasteiger partial charge in [0.1, 0.15) is 5.75 Å². The van der Waals surface area contributed by atoms with E-state index >= 15 is 0 Å². The minimum atomic E-state index is -0.413. The van der Waals surface area contributed by atoms with E-state index in [1.807, 2.05) is 0 Å². The number of benzene rings is 1. The molecule has 1 N–H and O–H groups in total. The molecule has 3 nitrogen and oxygen atoms in total. The second kappa shape index (κ2) is 6.59. The Hall–Kier alpha value is -1.06. The molecule has 112 valence electrons. The molecule has 1 aromatic carbocycles. The van der Waals surface area contributed by atoms with E-state index < -0.39 is 5.60 Å². The van der Waals surface area contributed by atoms with Crippen molar-refractivity contribution in [3.8, 4) is 5.75 Å². The van der Waals surface area contributed by atoms with Crippen LogP contribution in [0.5, 0.6) is 5.75 Å². The van der Waals surface area contributed by atoms with Crippen molar-refractivity contribution < 1.29 is 9.84 Å². The molecule has 0 radical (unpaired) electrons. The van der Waals surface area contributed by atoms with E-state index in [0.717, 1.165) is 51.3 Å². The zero-order chi connectivity index (χ0) is 14.6. The highest BCUT2D eigenvalue weighted by Gasteiger charge is 2.39. The van der Waals surface area contributed by atoms with Gasteiger partial charge in [0.15, 0.2) is 0 Å². The number of hydrogen-bond acceptors (Lipinski definition) is 3. The number of nitrogens with zero attached hydrogens (tertiary/aromatic N) is 1. The third-order valence-electron chi connectivity index (χ3n) is 3.83. The van der Waals surface area contributed by atoms with Crippen molar-refractivity contribution in [3.63, 3.8) is 0 Å². The lowest BCUT2D eigenvalue weighted by molar-refractivity contribution is -0.103. The van der Waals surface area contributed by atoms with Crippen molar-refractivity contribution in [1.82, 2.24) is 4.90 Å². The Labute approximate surface area is 122 Å². The summed E-state index contributed by atoms with van der Waals surface area (Å²) in [5, 5.41) is 10.1. The largest absolute Gasteiger partial charge is 0.494 e. The second-order valence-electron chi connectivity index (χ2n) is 6.21. The van der Waals surface area contributed by atoms with Gasteiger partial charge in [-0.3, -0.25) is 4.90 Å². The van der Waals surface area contributed by atoms with Crippen LogP contribution in [0.4, 0.5) is 0 Å². The van der Waals surface area contributed by atoms with Crippen LogP contribution in [0.1, 0.15) is 37.3 Å². The maximum absolute atomic E-state index is 10.1. The molecule has 0 aliphatic carbocycles. The molecule has 0 bridgehead atoms. The van der Waals surface area contributed by atoms with E-state index in [1.54, 1.807) is 0 Å². The number of aliphatic hydroxyl groups is 1. The molecule has 20 heavy (non-hydrogen) atoms. The Morgan fingerprint density at radius 1 is 1.20 bits per heavy atom. The SMILES string of the molecule is CCCC1(O)CN(CCCOc2cc(C)cc(C)c2)C1. The molecule has 0 aromatic heterocycles. The quantitative estimate of drug-likeness (QED) is 0.778. The average molecular weight is 277 g/mol. The molecule has 0 spiro atoms. The molecule has 1 fully saturated rings. The summed E-state index contributed by atoms with van der Waals surface area (Å²) in [5.74, 6) is 0.966. The van der Waals surface area contributed by atoms with Gasteiger partial charge in [-0.1, -0.05) is 19.4 Å². The van der Waals surface area contributed by atoms with Crippen LogP contribution in [0.3, 0.4) is 0 Å². The van der Waals surface area contributed by atoms with Gasteiger partial charge in [0, 0.05) is 19.6 Å². The molecule has 1 aromatic rings. The highest BCUT2D eigenvalue weighted by Crippen LogP contribution is 2.25. The molecule has 1 saturated heterocycles. The summed E-state index contributed by atoms with van der Waals surface area (Å²) in [6.45, 7) is 9.71. The summed E-state index contributed by atoms with van der Waals surface area (Å²) >= 11 is 0. The molecular weight excluding hydrogens is 250 g/mol. The first-order valence-electron chi connectivity index (χ1n) is 7.66. The minimum absolute atomic E-state index is 0.413. The lowest BCUT2D eigenvalue weighted by atomic mass is 9.89. The van der Waals surface area contributed by atoms with E-state index in [1.165, 1.54) is 11.1 Å². The molecule has 0 unspecified atom stereocenters. The normalized spacial score (nSPS) is 17.8. The van der Waals surface area contributed by atoms with E-state index in [-0.39, 0.29) is 0 Å². The number of ether oxygens (including phenoxy) is 1. The topological polar surface area (TPSA) is 32.7 Å². The van der Waals surface area contributed by atoms with Crippen LogP contribution < -0.4 is 4.74 Å². The highest BCUT2D eigenvalue weighted by molar-refractivity contribution is 5.32. The van der Waals surface area contributed by atoms with Crippen molar-refractivity contribution >= 4 is 0 Å². The fraction of sp³-hybridized carbons (Fsp3) is 0.647. The highest BCUT2D eigenvalue weighted by atomic mass is 16.5. The number of hydrogen-bond donors (Lipinski definition) is 1. The Morgan fingerprint density at radius 2 is 1.85 bits per heavy atom. The molecule has 1 heterocycles. The monoisotopic (exact) mass is 277 g/mol. The zero-order valence-electron chi connectivity index (χ0n) is 13.0. The Kier molecular flexibility index (Phi) is 5.06. The van der Waals surface area contributed by atoms with E-state index in [0.29, 0.717) is 0 Å². The molecule has 0 saturated carbocycles. The summed E-state index contributed by atoms with van der Waals surface area (Å²) in [4.78, 5) is 2.31.